The molecular weight excluding hydrogens is 359 g/mol. The van der Waals surface area contributed by atoms with E-state index in [9.17, 15) is 18.1 Å². The molecule has 0 aliphatic heterocycles. The van der Waals surface area contributed by atoms with Crippen LogP contribution in [0.25, 0.3) is 0 Å². The van der Waals surface area contributed by atoms with Crippen molar-refractivity contribution < 1.29 is 47.6 Å². The fraction of sp³-hybridized carbons (Fsp3) is 1.00. The average Bonchev–Trinajstić information content (AvgIpc) is 2.56. The summed E-state index contributed by atoms with van der Waals surface area (Å²) in [5.74, 6) is 0. The van der Waals surface area contributed by atoms with E-state index in [-0.39, 0.29) is 35.7 Å². The van der Waals surface area contributed by atoms with Crippen LogP contribution in [0, 0.1) is 0 Å². The monoisotopic (exact) mass is 400 g/mol. The molecule has 26 heavy (non-hydrogen) atoms. The Morgan fingerprint density at radius 2 is 1.12 bits per heavy atom. The molecule has 2 unspecified atom stereocenters. The van der Waals surface area contributed by atoms with E-state index < -0.39 is 15.4 Å². The van der Waals surface area contributed by atoms with Crippen molar-refractivity contribution in [3.8, 4) is 0 Å². The largest absolute Gasteiger partial charge is 1.00 e. The predicted molar refractivity (Wildman–Crippen MR) is 105 cm³/mol. The number of unbranched alkanes of at least 4 members (excludes halogenated alkanes) is 10. The summed E-state index contributed by atoms with van der Waals surface area (Å²) in [6.45, 7) is 3.95. The Kier molecular flexibility index (Phi) is 21.5. The molecule has 0 aromatic carbocycles. The molecule has 0 spiro atoms. The van der Waals surface area contributed by atoms with Gasteiger partial charge in [0, 0.05) is 5.25 Å². The van der Waals surface area contributed by atoms with Gasteiger partial charge in [-0.1, -0.05) is 90.9 Å². The standard InChI is InChI=1S/C20H42O4S.Na/c1-3-16-20(25(22,23)24)18-15-13-11-9-7-5-6-8-10-12-14-17-19(21)4-2;/h19-21H,3-18H2,1-2H3,(H,22,23,24);/q;+1/p-1. The average molecular weight is 401 g/mol. The van der Waals surface area contributed by atoms with Crippen molar-refractivity contribution in [3.05, 3.63) is 0 Å². The maximum Gasteiger partial charge on any atom is 1.00 e. The topological polar surface area (TPSA) is 77.4 Å². The first-order chi connectivity index (χ1) is 11.9. The van der Waals surface area contributed by atoms with Gasteiger partial charge in [-0.15, -0.1) is 0 Å². The SMILES string of the molecule is CCCC(CCCCCCCCCCCCCC(O)CC)S(=O)(=O)[O-].[Na+]. The fourth-order valence-corrected chi connectivity index (χ4v) is 4.28. The maximum absolute atomic E-state index is 11.1. The van der Waals surface area contributed by atoms with Crippen molar-refractivity contribution in [2.24, 2.45) is 0 Å². The van der Waals surface area contributed by atoms with Gasteiger partial charge in [0.1, 0.15) is 0 Å². The first-order valence-corrected chi connectivity index (χ1v) is 12.0. The Morgan fingerprint density at radius 1 is 0.731 bits per heavy atom. The zero-order chi connectivity index (χ0) is 19.0. The van der Waals surface area contributed by atoms with Crippen LogP contribution in [0.3, 0.4) is 0 Å². The van der Waals surface area contributed by atoms with E-state index in [1.807, 2.05) is 13.8 Å². The summed E-state index contributed by atoms with van der Waals surface area (Å²) < 4.78 is 33.4. The smallest absolute Gasteiger partial charge is 0.748 e. The molecule has 6 heteroatoms. The second kappa shape index (κ2) is 19.2. The minimum Gasteiger partial charge on any atom is -0.748 e. The van der Waals surface area contributed by atoms with Crippen molar-refractivity contribution in [2.75, 3.05) is 0 Å². The van der Waals surface area contributed by atoms with Crippen LogP contribution in [0.4, 0.5) is 0 Å². The Hall–Kier alpha value is 0.870. The van der Waals surface area contributed by atoms with E-state index >= 15 is 0 Å². The van der Waals surface area contributed by atoms with E-state index in [1.54, 1.807) is 0 Å². The van der Waals surface area contributed by atoms with Gasteiger partial charge in [-0.2, -0.15) is 0 Å². The number of hydrogen-bond donors (Lipinski definition) is 1. The van der Waals surface area contributed by atoms with Gasteiger partial charge in [0.05, 0.1) is 16.2 Å². The minimum absolute atomic E-state index is 0. The molecule has 0 bridgehead atoms. The summed E-state index contributed by atoms with van der Waals surface area (Å²) in [6, 6.07) is 0. The minimum atomic E-state index is -4.11. The molecule has 0 aromatic rings. The van der Waals surface area contributed by atoms with Crippen LogP contribution >= 0.6 is 0 Å². The van der Waals surface area contributed by atoms with Crippen LogP contribution in [0.2, 0.25) is 0 Å². The van der Waals surface area contributed by atoms with Crippen molar-refractivity contribution in [3.63, 3.8) is 0 Å². The molecular formula is C20H41NaO4S. The summed E-state index contributed by atoms with van der Waals surface area (Å²) in [4.78, 5) is 0. The first kappa shape index (κ1) is 29.1. The zero-order valence-electron chi connectivity index (χ0n) is 17.5. The summed E-state index contributed by atoms with van der Waals surface area (Å²) >= 11 is 0. The van der Waals surface area contributed by atoms with Crippen LogP contribution in [-0.2, 0) is 10.1 Å². The quantitative estimate of drug-likeness (QED) is 0.218. The molecule has 152 valence electrons. The molecule has 0 aromatic heterocycles. The summed E-state index contributed by atoms with van der Waals surface area (Å²) in [5, 5.41) is 8.80. The molecule has 0 aliphatic rings. The van der Waals surface area contributed by atoms with Gasteiger partial charge in [-0.05, 0) is 25.7 Å². The third-order valence-corrected chi connectivity index (χ3v) is 6.34. The summed E-state index contributed by atoms with van der Waals surface area (Å²) in [7, 11) is -4.11. The number of aliphatic hydroxyl groups is 1. The predicted octanol–water partition coefficient (Wildman–Crippen LogP) is 2.55. The Bertz CT molecular complexity index is 387. The molecule has 0 saturated heterocycles. The molecule has 1 N–H and O–H groups in total. The third kappa shape index (κ3) is 18.2. The van der Waals surface area contributed by atoms with Crippen molar-refractivity contribution in [2.45, 2.75) is 128 Å². The van der Waals surface area contributed by atoms with Crippen molar-refractivity contribution in [1.29, 1.82) is 0 Å². The molecule has 0 fully saturated rings. The second-order valence-corrected chi connectivity index (χ2v) is 9.08. The molecule has 0 radical (unpaired) electrons. The van der Waals surface area contributed by atoms with Gasteiger partial charge in [-0.3, -0.25) is 0 Å². The zero-order valence-corrected chi connectivity index (χ0v) is 20.4. The number of aliphatic hydroxyl groups excluding tert-OH is 1. The molecule has 0 amide bonds. The normalized spacial score (nSPS) is 14.0. The van der Waals surface area contributed by atoms with Crippen LogP contribution in [-0.4, -0.2) is 29.4 Å². The van der Waals surface area contributed by atoms with E-state index in [0.29, 0.717) is 12.8 Å². The van der Waals surface area contributed by atoms with Gasteiger partial charge >= 0.3 is 29.6 Å². The molecule has 0 heterocycles. The second-order valence-electron chi connectivity index (χ2n) is 7.43. The van der Waals surface area contributed by atoms with Crippen LogP contribution < -0.4 is 29.6 Å². The van der Waals surface area contributed by atoms with E-state index in [0.717, 1.165) is 44.9 Å². The van der Waals surface area contributed by atoms with Crippen molar-refractivity contribution in [1.82, 2.24) is 0 Å². The molecule has 0 aliphatic carbocycles. The number of rotatable bonds is 18. The maximum atomic E-state index is 11.1. The van der Waals surface area contributed by atoms with Crippen LogP contribution in [0.1, 0.15) is 117 Å². The summed E-state index contributed by atoms with van der Waals surface area (Å²) in [5.41, 5.74) is 0. The Labute approximate surface area is 185 Å². The Balaban J connectivity index is 0. The Morgan fingerprint density at radius 3 is 1.46 bits per heavy atom. The van der Waals surface area contributed by atoms with E-state index in [1.165, 1.54) is 44.9 Å². The first-order valence-electron chi connectivity index (χ1n) is 10.5. The van der Waals surface area contributed by atoms with Crippen molar-refractivity contribution >= 4 is 10.1 Å². The van der Waals surface area contributed by atoms with Gasteiger partial charge in [0.15, 0.2) is 0 Å². The third-order valence-electron chi connectivity index (χ3n) is 5.05. The summed E-state index contributed by atoms with van der Waals surface area (Å²) in [6.07, 6.45) is 16.5. The van der Waals surface area contributed by atoms with Gasteiger partial charge in [-0.25, -0.2) is 8.42 Å². The number of hydrogen-bond acceptors (Lipinski definition) is 4. The molecule has 0 saturated carbocycles. The van der Waals surface area contributed by atoms with Crippen LogP contribution in [0.5, 0.6) is 0 Å². The van der Waals surface area contributed by atoms with E-state index in [4.69, 9.17) is 0 Å². The van der Waals surface area contributed by atoms with Gasteiger partial charge in [0.25, 0.3) is 0 Å². The fourth-order valence-electron chi connectivity index (χ4n) is 3.30. The van der Waals surface area contributed by atoms with E-state index in [2.05, 4.69) is 0 Å². The molecule has 0 rings (SSSR count). The van der Waals surface area contributed by atoms with Gasteiger partial charge < -0.3 is 9.66 Å². The van der Waals surface area contributed by atoms with Crippen LogP contribution in [0.15, 0.2) is 0 Å². The molecule has 2 atom stereocenters. The molecule has 4 nitrogen and oxygen atoms in total. The van der Waals surface area contributed by atoms with Gasteiger partial charge in [0.2, 0.25) is 0 Å².